The highest BCUT2D eigenvalue weighted by molar-refractivity contribution is 5.80. The van der Waals surface area contributed by atoms with Crippen molar-refractivity contribution in [3.8, 4) is 11.3 Å². The third-order valence-electron chi connectivity index (χ3n) is 6.95. The van der Waals surface area contributed by atoms with Crippen LogP contribution < -0.4 is 10.6 Å². The Hall–Kier alpha value is -2.55. The molecule has 2 fully saturated rings. The summed E-state index contributed by atoms with van der Waals surface area (Å²) < 4.78 is 11.5. The summed E-state index contributed by atoms with van der Waals surface area (Å²) in [5, 5.41) is 10.1. The molecule has 1 spiro atoms. The zero-order valence-electron chi connectivity index (χ0n) is 18.3. The zero-order valence-corrected chi connectivity index (χ0v) is 18.3. The van der Waals surface area contributed by atoms with Crippen molar-refractivity contribution >= 4 is 16.9 Å². The van der Waals surface area contributed by atoms with Gasteiger partial charge >= 0.3 is 0 Å². The van der Waals surface area contributed by atoms with E-state index in [0.29, 0.717) is 11.6 Å². The highest BCUT2D eigenvalue weighted by Gasteiger charge is 2.47. The van der Waals surface area contributed by atoms with E-state index in [1.54, 1.807) is 0 Å². The highest BCUT2D eigenvalue weighted by atomic mass is 16.5. The van der Waals surface area contributed by atoms with E-state index in [1.807, 2.05) is 32.0 Å². The fourth-order valence-corrected chi connectivity index (χ4v) is 5.00. The van der Waals surface area contributed by atoms with Gasteiger partial charge in [-0.2, -0.15) is 0 Å². The Kier molecular flexibility index (Phi) is 4.96. The topological polar surface area (TPSA) is 111 Å². The molecule has 164 valence electrons. The van der Waals surface area contributed by atoms with Gasteiger partial charge in [-0.25, -0.2) is 15.0 Å². The molecule has 0 bridgehead atoms. The van der Waals surface area contributed by atoms with E-state index < -0.39 is 0 Å². The molecule has 31 heavy (non-hydrogen) atoms. The number of hydrogen-bond donors (Lipinski definition) is 2. The fraction of sp³-hybridized carbons (Fsp3) is 0.522. The SMILES string of the molecule is Cc1nc2ccc(-c3nc(CO)c(N4CCC5(CC4)CO[C@@H](C)[C@H]5N)nc3C)cc2o1. The van der Waals surface area contributed by atoms with Gasteiger partial charge in [0.1, 0.15) is 11.2 Å². The van der Waals surface area contributed by atoms with Crippen LogP contribution in [-0.2, 0) is 11.3 Å². The predicted molar refractivity (Wildman–Crippen MR) is 118 cm³/mol. The van der Waals surface area contributed by atoms with Crippen LogP contribution in [0.15, 0.2) is 22.6 Å². The average Bonchev–Trinajstić information content (AvgIpc) is 3.28. The van der Waals surface area contributed by atoms with E-state index in [2.05, 4.69) is 16.8 Å². The Morgan fingerprint density at radius 2 is 1.97 bits per heavy atom. The Labute approximate surface area is 181 Å². The summed E-state index contributed by atoms with van der Waals surface area (Å²) >= 11 is 0. The minimum absolute atomic E-state index is 0.0440. The molecule has 2 aromatic heterocycles. The standard InChI is InChI=1S/C23H29N5O3/c1-13-20(16-4-5-17-19(10-16)31-15(3)26-17)27-18(11-29)22(25-13)28-8-6-23(7-9-28)12-30-14(2)21(23)24/h4-5,10,14,21,29H,6-9,11-12,24H2,1-3H3/t14-,21+/m0/s1. The largest absolute Gasteiger partial charge is 0.441 e. The Morgan fingerprint density at radius 3 is 2.65 bits per heavy atom. The van der Waals surface area contributed by atoms with Crippen LogP contribution in [0.25, 0.3) is 22.4 Å². The van der Waals surface area contributed by atoms with Gasteiger partial charge in [-0.1, -0.05) is 6.07 Å². The summed E-state index contributed by atoms with van der Waals surface area (Å²) in [6.45, 7) is 8.06. The molecular weight excluding hydrogens is 394 g/mol. The van der Waals surface area contributed by atoms with Gasteiger partial charge in [0.2, 0.25) is 0 Å². The number of nitrogens with zero attached hydrogens (tertiary/aromatic N) is 4. The van der Waals surface area contributed by atoms with Crippen LogP contribution in [0.2, 0.25) is 0 Å². The summed E-state index contributed by atoms with van der Waals surface area (Å²) in [6, 6.07) is 5.89. The second kappa shape index (κ2) is 7.55. The molecule has 0 amide bonds. The Bertz CT molecular complexity index is 1120. The second-order valence-corrected chi connectivity index (χ2v) is 8.89. The minimum atomic E-state index is -0.166. The summed E-state index contributed by atoms with van der Waals surface area (Å²) in [6.07, 6.45) is 2.01. The van der Waals surface area contributed by atoms with Crippen molar-refractivity contribution in [2.75, 3.05) is 24.6 Å². The van der Waals surface area contributed by atoms with Crippen molar-refractivity contribution in [2.45, 2.75) is 52.4 Å². The lowest BCUT2D eigenvalue weighted by Gasteiger charge is -2.42. The normalized spacial score (nSPS) is 23.2. The molecule has 0 aliphatic carbocycles. The summed E-state index contributed by atoms with van der Waals surface area (Å²) in [5.74, 6) is 1.39. The maximum Gasteiger partial charge on any atom is 0.192 e. The van der Waals surface area contributed by atoms with Crippen molar-refractivity contribution in [1.82, 2.24) is 15.0 Å². The van der Waals surface area contributed by atoms with E-state index in [1.165, 1.54) is 0 Å². The van der Waals surface area contributed by atoms with Gasteiger partial charge in [-0.05, 0) is 38.8 Å². The first-order valence-corrected chi connectivity index (χ1v) is 10.9. The number of hydrogen-bond acceptors (Lipinski definition) is 8. The molecule has 3 N–H and O–H groups in total. The molecule has 2 atom stereocenters. The molecule has 3 aromatic rings. The van der Waals surface area contributed by atoms with E-state index in [0.717, 1.165) is 66.4 Å². The van der Waals surface area contributed by atoms with Crippen LogP contribution in [0.3, 0.4) is 0 Å². The number of aliphatic hydroxyl groups is 1. The minimum Gasteiger partial charge on any atom is -0.441 e. The van der Waals surface area contributed by atoms with Gasteiger partial charge in [0.15, 0.2) is 17.3 Å². The van der Waals surface area contributed by atoms with Crippen LogP contribution in [0.4, 0.5) is 5.82 Å². The maximum absolute atomic E-state index is 10.1. The molecule has 2 saturated heterocycles. The fourth-order valence-electron chi connectivity index (χ4n) is 5.00. The molecule has 8 heteroatoms. The lowest BCUT2D eigenvalue weighted by atomic mass is 9.73. The summed E-state index contributed by atoms with van der Waals surface area (Å²) in [4.78, 5) is 16.2. The van der Waals surface area contributed by atoms with Gasteiger partial charge in [0.05, 0.1) is 30.7 Å². The van der Waals surface area contributed by atoms with Crippen molar-refractivity contribution in [3.05, 3.63) is 35.5 Å². The first kappa shape index (κ1) is 20.4. The number of rotatable bonds is 3. The third kappa shape index (κ3) is 3.39. The van der Waals surface area contributed by atoms with Crippen molar-refractivity contribution in [2.24, 2.45) is 11.1 Å². The average molecular weight is 424 g/mol. The lowest BCUT2D eigenvalue weighted by Crippen LogP contribution is -2.51. The number of oxazole rings is 1. The summed E-state index contributed by atoms with van der Waals surface area (Å²) in [7, 11) is 0. The number of fused-ring (bicyclic) bond motifs is 1. The van der Waals surface area contributed by atoms with Gasteiger partial charge in [0, 0.05) is 37.0 Å². The lowest BCUT2D eigenvalue weighted by molar-refractivity contribution is 0.0973. The number of aromatic nitrogens is 3. The number of aryl methyl sites for hydroxylation is 2. The predicted octanol–water partition coefficient (Wildman–Crippen LogP) is 2.73. The zero-order chi connectivity index (χ0) is 21.8. The van der Waals surface area contributed by atoms with E-state index in [4.69, 9.17) is 24.9 Å². The maximum atomic E-state index is 10.1. The van der Waals surface area contributed by atoms with Gasteiger partial charge in [-0.3, -0.25) is 0 Å². The molecule has 5 rings (SSSR count). The quantitative estimate of drug-likeness (QED) is 0.662. The van der Waals surface area contributed by atoms with E-state index in [-0.39, 0.29) is 24.2 Å². The van der Waals surface area contributed by atoms with Crippen LogP contribution in [-0.4, -0.2) is 51.9 Å². The first-order valence-electron chi connectivity index (χ1n) is 10.9. The van der Waals surface area contributed by atoms with Crippen LogP contribution in [0.1, 0.15) is 37.0 Å². The van der Waals surface area contributed by atoms with Crippen molar-refractivity contribution in [3.63, 3.8) is 0 Å². The summed E-state index contributed by atoms with van der Waals surface area (Å²) in [5.41, 5.74) is 11.1. The number of benzene rings is 1. The van der Waals surface area contributed by atoms with Crippen LogP contribution in [0, 0.1) is 19.3 Å². The van der Waals surface area contributed by atoms with E-state index in [9.17, 15) is 5.11 Å². The Morgan fingerprint density at radius 1 is 1.19 bits per heavy atom. The second-order valence-electron chi connectivity index (χ2n) is 8.89. The monoisotopic (exact) mass is 423 g/mol. The van der Waals surface area contributed by atoms with Gasteiger partial charge < -0.3 is 24.9 Å². The van der Waals surface area contributed by atoms with Crippen LogP contribution >= 0.6 is 0 Å². The molecule has 0 radical (unpaired) electrons. The molecule has 2 aliphatic heterocycles. The number of aliphatic hydroxyl groups excluding tert-OH is 1. The number of nitrogens with two attached hydrogens (primary N) is 1. The first-order chi connectivity index (χ1) is 14.9. The molecule has 0 unspecified atom stereocenters. The smallest absolute Gasteiger partial charge is 0.192 e. The molecule has 8 nitrogen and oxygen atoms in total. The molecule has 4 heterocycles. The molecule has 0 saturated carbocycles. The van der Waals surface area contributed by atoms with Crippen LogP contribution in [0.5, 0.6) is 0 Å². The molecule has 2 aliphatic rings. The number of ether oxygens (including phenoxy) is 1. The van der Waals surface area contributed by atoms with Crippen molar-refractivity contribution < 1.29 is 14.3 Å². The van der Waals surface area contributed by atoms with Gasteiger partial charge in [-0.15, -0.1) is 0 Å². The van der Waals surface area contributed by atoms with Crippen molar-refractivity contribution in [1.29, 1.82) is 0 Å². The van der Waals surface area contributed by atoms with E-state index >= 15 is 0 Å². The third-order valence-corrected chi connectivity index (χ3v) is 6.95. The number of anilines is 1. The number of piperidine rings is 1. The highest BCUT2D eigenvalue weighted by Crippen LogP contribution is 2.42. The molecular formula is C23H29N5O3. The Balaban J connectivity index is 1.43. The molecule has 1 aromatic carbocycles. The van der Waals surface area contributed by atoms with Gasteiger partial charge in [0.25, 0.3) is 0 Å².